The van der Waals surface area contributed by atoms with Gasteiger partial charge in [0, 0.05) is 16.6 Å². The molecular weight excluding hydrogens is 372 g/mol. The Morgan fingerprint density at radius 3 is 2.58 bits per heavy atom. The lowest BCUT2D eigenvalue weighted by Crippen LogP contribution is -2.20. The van der Waals surface area contributed by atoms with Crippen molar-refractivity contribution in [3.63, 3.8) is 0 Å². The smallest absolute Gasteiger partial charge is 0.338 e. The summed E-state index contributed by atoms with van der Waals surface area (Å²) in [6, 6.07) is 16.0. The molecule has 0 aliphatic rings. The number of carbonyl (C=O) groups excluding carboxylic acids is 2. The number of hydrogen-bond donors (Lipinski definition) is 0. The molecule has 0 saturated heterocycles. The third-order valence-corrected chi connectivity index (χ3v) is 4.68. The van der Waals surface area contributed by atoms with Crippen LogP contribution in [0.25, 0.3) is 0 Å². The van der Waals surface area contributed by atoms with Gasteiger partial charge in [-0.1, -0.05) is 48.0 Å². The maximum absolute atomic E-state index is 12.0. The molecule has 0 N–H and O–H groups in total. The molecule has 0 unspecified atom stereocenters. The van der Waals surface area contributed by atoms with Crippen LogP contribution in [-0.4, -0.2) is 23.1 Å². The number of carbonyl (C=O) groups is 2. The van der Waals surface area contributed by atoms with Crippen molar-refractivity contribution in [3.05, 3.63) is 87.1 Å². The lowest BCUT2D eigenvalue weighted by atomic mass is 10.2. The Morgan fingerprint density at radius 2 is 1.81 bits per heavy atom. The van der Waals surface area contributed by atoms with Gasteiger partial charge >= 0.3 is 5.97 Å². The average molecular weight is 387 g/mol. The molecule has 0 aliphatic heterocycles. The van der Waals surface area contributed by atoms with Crippen molar-refractivity contribution in [1.29, 1.82) is 0 Å². The average Bonchev–Trinajstić information content (AvgIpc) is 3.09. The van der Waals surface area contributed by atoms with Crippen LogP contribution in [0.1, 0.15) is 15.9 Å². The predicted octanol–water partition coefficient (Wildman–Crippen LogP) is 3.54. The summed E-state index contributed by atoms with van der Waals surface area (Å²) in [5.41, 5.74) is 1.32. The molecule has 0 bridgehead atoms. The van der Waals surface area contributed by atoms with Crippen molar-refractivity contribution >= 4 is 34.8 Å². The summed E-state index contributed by atoms with van der Waals surface area (Å²) in [7, 11) is 0. The second-order valence-corrected chi connectivity index (χ2v) is 6.63. The number of aromatic nitrogens is 1. The van der Waals surface area contributed by atoms with Crippen molar-refractivity contribution in [3.8, 4) is 0 Å². The molecule has 5 nitrogen and oxygen atoms in total. The highest BCUT2D eigenvalue weighted by Crippen LogP contribution is 2.15. The standard InChI is InChI=1S/C19H15ClN2O3S/c20-16-9-5-4-8-15(16)12-22-10-11-26-19(22)21-17(23)13-25-18(24)14-6-2-1-3-7-14/h1-11H,12-13H2. The van der Waals surface area contributed by atoms with E-state index in [9.17, 15) is 9.59 Å². The van der Waals surface area contributed by atoms with Crippen LogP contribution in [0.2, 0.25) is 5.02 Å². The van der Waals surface area contributed by atoms with Crippen LogP contribution in [0.4, 0.5) is 0 Å². The molecule has 0 saturated carbocycles. The third kappa shape index (κ3) is 4.68. The number of benzene rings is 2. The van der Waals surface area contributed by atoms with E-state index in [4.69, 9.17) is 16.3 Å². The Hall–Kier alpha value is -2.70. The summed E-state index contributed by atoms with van der Waals surface area (Å²) in [6.45, 7) is 0.0941. The first-order valence-corrected chi connectivity index (χ1v) is 9.06. The maximum atomic E-state index is 12.0. The van der Waals surface area contributed by atoms with Gasteiger partial charge < -0.3 is 9.30 Å². The lowest BCUT2D eigenvalue weighted by molar-refractivity contribution is -0.121. The van der Waals surface area contributed by atoms with E-state index >= 15 is 0 Å². The van der Waals surface area contributed by atoms with Gasteiger partial charge in [-0.05, 0) is 23.8 Å². The normalized spacial score (nSPS) is 11.3. The highest BCUT2D eigenvalue weighted by molar-refractivity contribution is 7.07. The van der Waals surface area contributed by atoms with E-state index in [0.717, 1.165) is 5.56 Å². The molecule has 0 spiro atoms. The van der Waals surface area contributed by atoms with E-state index in [1.165, 1.54) is 11.3 Å². The number of thiazole rings is 1. The molecule has 2 aromatic carbocycles. The zero-order valence-electron chi connectivity index (χ0n) is 13.7. The van der Waals surface area contributed by atoms with Gasteiger partial charge in [0.25, 0.3) is 5.91 Å². The van der Waals surface area contributed by atoms with E-state index in [2.05, 4.69) is 4.99 Å². The largest absolute Gasteiger partial charge is 0.452 e. The van der Waals surface area contributed by atoms with Gasteiger partial charge in [-0.3, -0.25) is 4.79 Å². The Morgan fingerprint density at radius 1 is 1.08 bits per heavy atom. The van der Waals surface area contributed by atoms with Crippen molar-refractivity contribution in [1.82, 2.24) is 4.57 Å². The molecule has 3 aromatic rings. The van der Waals surface area contributed by atoms with Crippen LogP contribution in [-0.2, 0) is 16.1 Å². The molecule has 0 aliphatic carbocycles. The number of esters is 1. The molecule has 1 amide bonds. The Labute approximate surface area is 159 Å². The minimum Gasteiger partial charge on any atom is -0.452 e. The second-order valence-electron chi connectivity index (χ2n) is 5.35. The fraction of sp³-hybridized carbons (Fsp3) is 0.105. The summed E-state index contributed by atoms with van der Waals surface area (Å²) in [5.74, 6) is -1.08. The Bertz CT molecular complexity index is 979. The number of hydrogen-bond acceptors (Lipinski definition) is 4. The quantitative estimate of drug-likeness (QED) is 0.630. The van der Waals surface area contributed by atoms with Crippen molar-refractivity contribution in [2.45, 2.75) is 6.54 Å². The molecule has 7 heteroatoms. The fourth-order valence-electron chi connectivity index (χ4n) is 2.24. The minimum atomic E-state index is -0.552. The van der Waals surface area contributed by atoms with Gasteiger partial charge in [-0.25, -0.2) is 4.79 Å². The summed E-state index contributed by atoms with van der Waals surface area (Å²) in [5, 5.41) is 2.49. The number of rotatable bonds is 5. The van der Waals surface area contributed by atoms with Crippen molar-refractivity contribution in [2.24, 2.45) is 4.99 Å². The highest BCUT2D eigenvalue weighted by atomic mass is 35.5. The second kappa shape index (κ2) is 8.60. The summed E-state index contributed by atoms with van der Waals surface area (Å²) in [6.07, 6.45) is 1.83. The summed E-state index contributed by atoms with van der Waals surface area (Å²) >= 11 is 7.50. The van der Waals surface area contributed by atoms with Gasteiger partial charge in [0.15, 0.2) is 11.4 Å². The van der Waals surface area contributed by atoms with Crippen LogP contribution in [0.3, 0.4) is 0 Å². The van der Waals surface area contributed by atoms with E-state index in [1.807, 2.05) is 40.4 Å². The van der Waals surface area contributed by atoms with Crippen LogP contribution in [0.15, 0.2) is 71.2 Å². The topological polar surface area (TPSA) is 60.7 Å². The number of amides is 1. The van der Waals surface area contributed by atoms with E-state index in [1.54, 1.807) is 30.3 Å². The van der Waals surface area contributed by atoms with Crippen LogP contribution < -0.4 is 4.80 Å². The van der Waals surface area contributed by atoms with E-state index < -0.39 is 18.5 Å². The zero-order chi connectivity index (χ0) is 18.4. The fourth-order valence-corrected chi connectivity index (χ4v) is 3.18. The van der Waals surface area contributed by atoms with Crippen LogP contribution in [0, 0.1) is 0 Å². The first-order valence-electron chi connectivity index (χ1n) is 7.80. The van der Waals surface area contributed by atoms with E-state index in [-0.39, 0.29) is 0 Å². The Kier molecular flexibility index (Phi) is 5.99. The molecular formula is C19H15ClN2O3S. The maximum Gasteiger partial charge on any atom is 0.338 e. The monoisotopic (exact) mass is 386 g/mol. The van der Waals surface area contributed by atoms with Gasteiger partial charge in [0.1, 0.15) is 0 Å². The number of halogens is 1. The molecule has 26 heavy (non-hydrogen) atoms. The molecule has 0 radical (unpaired) electrons. The van der Waals surface area contributed by atoms with Gasteiger partial charge in [0.05, 0.1) is 12.1 Å². The third-order valence-electron chi connectivity index (χ3n) is 3.52. The number of ether oxygens (including phenoxy) is 1. The van der Waals surface area contributed by atoms with Gasteiger partial charge in [-0.15, -0.1) is 11.3 Å². The SMILES string of the molecule is O=C(COC(=O)c1ccccc1)N=c1sccn1Cc1ccccc1Cl. The van der Waals surface area contributed by atoms with Crippen LogP contribution in [0.5, 0.6) is 0 Å². The molecule has 0 fully saturated rings. The zero-order valence-corrected chi connectivity index (χ0v) is 15.2. The molecule has 132 valence electrons. The highest BCUT2D eigenvalue weighted by Gasteiger charge is 2.09. The van der Waals surface area contributed by atoms with Gasteiger partial charge in [0.2, 0.25) is 0 Å². The predicted molar refractivity (Wildman–Crippen MR) is 100 cm³/mol. The minimum absolute atomic E-state index is 0.394. The molecule has 1 heterocycles. The lowest BCUT2D eigenvalue weighted by Gasteiger charge is -2.05. The summed E-state index contributed by atoms with van der Waals surface area (Å²) < 4.78 is 6.83. The molecule has 3 rings (SSSR count). The first-order chi connectivity index (χ1) is 12.6. The van der Waals surface area contributed by atoms with E-state index in [0.29, 0.717) is 21.9 Å². The first kappa shape index (κ1) is 18.1. The van der Waals surface area contributed by atoms with Crippen LogP contribution >= 0.6 is 22.9 Å². The molecule has 1 aromatic heterocycles. The Balaban J connectivity index is 1.67. The summed E-state index contributed by atoms with van der Waals surface area (Å²) in [4.78, 5) is 28.5. The molecule has 0 atom stereocenters. The van der Waals surface area contributed by atoms with Crippen molar-refractivity contribution in [2.75, 3.05) is 6.61 Å². The van der Waals surface area contributed by atoms with Crippen molar-refractivity contribution < 1.29 is 14.3 Å². The van der Waals surface area contributed by atoms with Gasteiger partial charge in [-0.2, -0.15) is 4.99 Å². The number of nitrogens with zero attached hydrogens (tertiary/aromatic N) is 2.